The maximum atomic E-state index is 12.9. The third-order valence-corrected chi connectivity index (χ3v) is 4.71. The summed E-state index contributed by atoms with van der Waals surface area (Å²) in [7, 11) is 0. The van der Waals surface area contributed by atoms with Gasteiger partial charge in [0.1, 0.15) is 0 Å². The Kier molecular flexibility index (Phi) is 5.59. The fourth-order valence-electron chi connectivity index (χ4n) is 3.00. The molecule has 0 atom stereocenters. The van der Waals surface area contributed by atoms with Crippen LogP contribution in [0.25, 0.3) is 0 Å². The monoisotopic (exact) mass is 397 g/mol. The molecule has 152 valence electrons. The first-order valence-corrected chi connectivity index (χ1v) is 9.41. The van der Waals surface area contributed by atoms with Crippen LogP contribution in [-0.4, -0.2) is 36.1 Å². The molecule has 0 spiro atoms. The summed E-state index contributed by atoms with van der Waals surface area (Å²) in [5.41, 5.74) is -0.122. The second kappa shape index (κ2) is 7.95. The fourth-order valence-corrected chi connectivity index (χ4v) is 3.00. The molecule has 0 aromatic heterocycles. The number of hydrogen-bond donors (Lipinski definition) is 0. The van der Waals surface area contributed by atoms with Crippen LogP contribution in [0.5, 0.6) is 11.5 Å². The molecule has 0 unspecified atom stereocenters. The van der Waals surface area contributed by atoms with E-state index in [0.717, 1.165) is 0 Å². The van der Waals surface area contributed by atoms with Crippen LogP contribution in [0.2, 0.25) is 0 Å². The van der Waals surface area contributed by atoms with Crippen molar-refractivity contribution < 1.29 is 28.7 Å². The maximum Gasteiger partial charge on any atom is 0.343 e. The van der Waals surface area contributed by atoms with Gasteiger partial charge in [-0.3, -0.25) is 9.59 Å². The zero-order valence-electron chi connectivity index (χ0n) is 16.9. The summed E-state index contributed by atoms with van der Waals surface area (Å²) in [5.74, 6) is -0.970. The minimum atomic E-state index is -1.15. The van der Waals surface area contributed by atoms with Crippen molar-refractivity contribution in [1.82, 2.24) is 5.06 Å². The number of nitrogens with zero attached hydrogens (tertiary/aromatic N) is 1. The first-order chi connectivity index (χ1) is 13.8. The summed E-state index contributed by atoms with van der Waals surface area (Å²) in [5, 5.41) is 0.521. The maximum absolute atomic E-state index is 12.9. The molecule has 0 radical (unpaired) electrons. The van der Waals surface area contributed by atoms with E-state index in [1.165, 1.54) is 12.1 Å². The van der Waals surface area contributed by atoms with Crippen molar-refractivity contribution >= 4 is 17.8 Å². The zero-order valence-corrected chi connectivity index (χ0v) is 16.9. The van der Waals surface area contributed by atoms with Gasteiger partial charge in [-0.2, -0.15) is 0 Å². The molecule has 7 heteroatoms. The molecule has 1 aliphatic heterocycles. The normalized spacial score (nSPS) is 13.3. The lowest BCUT2D eigenvalue weighted by Crippen LogP contribution is -2.40. The Balaban J connectivity index is 1.85. The van der Waals surface area contributed by atoms with E-state index in [1.54, 1.807) is 44.2 Å². The molecule has 2 aromatic carbocycles. The van der Waals surface area contributed by atoms with Gasteiger partial charge >= 0.3 is 5.97 Å². The third kappa shape index (κ3) is 3.68. The lowest BCUT2D eigenvalue weighted by molar-refractivity contribution is -0.174. The van der Waals surface area contributed by atoms with Crippen LogP contribution in [0.1, 0.15) is 54.0 Å². The van der Waals surface area contributed by atoms with Gasteiger partial charge in [-0.25, -0.2) is 4.79 Å². The SMILES string of the molecule is CCOc1ccc(C(C)(C)C(=O)ON2C(=O)c3ccccc3C2=O)cc1OCC. The zero-order chi connectivity index (χ0) is 21.2. The highest BCUT2D eigenvalue weighted by Gasteiger charge is 2.42. The fraction of sp³-hybridized carbons (Fsp3) is 0.318. The Morgan fingerprint density at radius 3 is 2.00 bits per heavy atom. The van der Waals surface area contributed by atoms with E-state index in [2.05, 4.69) is 0 Å². The number of carbonyl (C=O) groups excluding carboxylic acids is 3. The van der Waals surface area contributed by atoms with E-state index in [9.17, 15) is 14.4 Å². The average Bonchev–Trinajstić information content (AvgIpc) is 2.94. The minimum Gasteiger partial charge on any atom is -0.490 e. The molecule has 29 heavy (non-hydrogen) atoms. The van der Waals surface area contributed by atoms with Crippen molar-refractivity contribution in [2.75, 3.05) is 13.2 Å². The van der Waals surface area contributed by atoms with Gasteiger partial charge < -0.3 is 14.3 Å². The Bertz CT molecular complexity index is 931. The molecule has 0 saturated heterocycles. The van der Waals surface area contributed by atoms with Gasteiger partial charge in [-0.15, -0.1) is 0 Å². The van der Waals surface area contributed by atoms with Gasteiger partial charge in [-0.05, 0) is 57.5 Å². The predicted octanol–water partition coefficient (Wildman–Crippen LogP) is 3.52. The Hall–Kier alpha value is -3.35. The molecule has 3 rings (SSSR count). The third-order valence-electron chi connectivity index (χ3n) is 4.71. The highest BCUT2D eigenvalue weighted by molar-refractivity contribution is 6.21. The van der Waals surface area contributed by atoms with E-state index in [-0.39, 0.29) is 11.1 Å². The Labute approximate surface area is 169 Å². The summed E-state index contributed by atoms with van der Waals surface area (Å²) >= 11 is 0. The van der Waals surface area contributed by atoms with Gasteiger partial charge in [-0.1, -0.05) is 23.3 Å². The molecule has 2 aromatic rings. The second-order valence-electron chi connectivity index (χ2n) is 6.98. The van der Waals surface area contributed by atoms with Crippen LogP contribution < -0.4 is 9.47 Å². The summed E-state index contributed by atoms with van der Waals surface area (Å²) < 4.78 is 11.2. The first-order valence-electron chi connectivity index (χ1n) is 9.41. The minimum absolute atomic E-state index is 0.211. The lowest BCUT2D eigenvalue weighted by Gasteiger charge is -2.25. The standard InChI is InChI=1S/C22H23NO6/c1-5-27-17-12-11-14(13-18(17)28-6-2)22(3,4)21(26)29-23-19(24)15-9-7-8-10-16(15)20(23)25/h7-13H,5-6H2,1-4H3. The van der Waals surface area contributed by atoms with Crippen molar-refractivity contribution in [3.05, 3.63) is 59.2 Å². The summed E-state index contributed by atoms with van der Waals surface area (Å²) in [4.78, 5) is 43.0. The van der Waals surface area contributed by atoms with Gasteiger partial charge in [0.15, 0.2) is 11.5 Å². The highest BCUT2D eigenvalue weighted by atomic mass is 16.7. The van der Waals surface area contributed by atoms with Gasteiger partial charge in [0.2, 0.25) is 0 Å². The Morgan fingerprint density at radius 1 is 0.897 bits per heavy atom. The van der Waals surface area contributed by atoms with Crippen LogP contribution in [0.4, 0.5) is 0 Å². The molecule has 0 bridgehead atoms. The van der Waals surface area contributed by atoms with E-state index in [1.807, 2.05) is 13.8 Å². The van der Waals surface area contributed by atoms with Crippen molar-refractivity contribution in [3.63, 3.8) is 0 Å². The molecule has 0 N–H and O–H groups in total. The topological polar surface area (TPSA) is 82.1 Å². The highest BCUT2D eigenvalue weighted by Crippen LogP contribution is 2.35. The molecule has 0 fully saturated rings. The van der Waals surface area contributed by atoms with E-state index >= 15 is 0 Å². The van der Waals surface area contributed by atoms with Gasteiger partial charge in [0.05, 0.1) is 29.8 Å². The van der Waals surface area contributed by atoms with Crippen molar-refractivity contribution in [3.8, 4) is 11.5 Å². The predicted molar refractivity (Wildman–Crippen MR) is 105 cm³/mol. The van der Waals surface area contributed by atoms with Crippen LogP contribution in [0.15, 0.2) is 42.5 Å². The lowest BCUT2D eigenvalue weighted by atomic mass is 9.84. The van der Waals surface area contributed by atoms with Gasteiger partial charge in [0.25, 0.3) is 11.8 Å². The molecule has 7 nitrogen and oxygen atoms in total. The van der Waals surface area contributed by atoms with E-state index < -0.39 is 23.2 Å². The number of carbonyl (C=O) groups is 3. The number of imide groups is 1. The van der Waals surface area contributed by atoms with Crippen LogP contribution in [-0.2, 0) is 15.0 Å². The first kappa shape index (κ1) is 20.4. The Morgan fingerprint density at radius 2 is 1.45 bits per heavy atom. The average molecular weight is 397 g/mol. The van der Waals surface area contributed by atoms with Crippen molar-refractivity contribution in [2.45, 2.75) is 33.1 Å². The largest absolute Gasteiger partial charge is 0.490 e. The van der Waals surface area contributed by atoms with E-state index in [4.69, 9.17) is 14.3 Å². The van der Waals surface area contributed by atoms with Crippen LogP contribution in [0, 0.1) is 0 Å². The molecular weight excluding hydrogens is 374 g/mol. The van der Waals surface area contributed by atoms with Crippen molar-refractivity contribution in [1.29, 1.82) is 0 Å². The van der Waals surface area contributed by atoms with Crippen molar-refractivity contribution in [2.24, 2.45) is 0 Å². The number of rotatable bonds is 7. The molecule has 2 amide bonds. The number of hydrogen-bond acceptors (Lipinski definition) is 6. The quantitative estimate of drug-likeness (QED) is 0.665. The van der Waals surface area contributed by atoms with Crippen LogP contribution in [0.3, 0.4) is 0 Å². The molecule has 0 saturated carbocycles. The smallest absolute Gasteiger partial charge is 0.343 e. The molecule has 0 aliphatic carbocycles. The molecule has 1 aliphatic rings. The summed E-state index contributed by atoms with van der Waals surface area (Å²) in [6.45, 7) is 7.93. The number of fused-ring (bicyclic) bond motifs is 1. The molecule has 1 heterocycles. The summed E-state index contributed by atoms with van der Waals surface area (Å²) in [6.07, 6.45) is 0. The number of benzene rings is 2. The van der Waals surface area contributed by atoms with Crippen LogP contribution >= 0.6 is 0 Å². The number of ether oxygens (including phenoxy) is 2. The van der Waals surface area contributed by atoms with E-state index in [0.29, 0.717) is 35.3 Å². The number of amides is 2. The van der Waals surface area contributed by atoms with Gasteiger partial charge in [0, 0.05) is 0 Å². The summed E-state index contributed by atoms with van der Waals surface area (Å²) in [6, 6.07) is 11.5. The second-order valence-corrected chi connectivity index (χ2v) is 6.98. The molecular formula is C22H23NO6. The number of hydroxylamine groups is 2.